The van der Waals surface area contributed by atoms with Crippen LogP contribution in [0, 0.1) is 11.7 Å². The topological polar surface area (TPSA) is 41.6 Å². The van der Waals surface area contributed by atoms with E-state index in [9.17, 15) is 22.4 Å². The summed E-state index contributed by atoms with van der Waals surface area (Å²) < 4.78 is 56.5. The minimum atomic E-state index is -4.57. The van der Waals surface area contributed by atoms with Crippen molar-refractivity contribution in [2.24, 2.45) is 5.92 Å². The number of rotatable bonds is 4. The Morgan fingerprint density at radius 1 is 1.28 bits per heavy atom. The minimum Gasteiger partial charge on any atom is -0.480 e. The Morgan fingerprint density at radius 2 is 2.00 bits per heavy atom. The molecule has 29 heavy (non-hydrogen) atoms. The van der Waals surface area contributed by atoms with Crippen LogP contribution in [0.15, 0.2) is 18.2 Å². The minimum absolute atomic E-state index is 0.0839. The van der Waals surface area contributed by atoms with E-state index < -0.39 is 24.3 Å². The molecule has 1 N–H and O–H groups in total. The normalized spacial score (nSPS) is 27.4. The summed E-state index contributed by atoms with van der Waals surface area (Å²) in [5.41, 5.74) is 0.0839. The number of amides is 1. The first-order valence-corrected chi connectivity index (χ1v) is 10.6. The fraction of sp³-hybridized carbons (Fsp3) is 0.550. The Bertz CT molecular complexity index is 961. The number of nitrogens with zero attached hydrogens (tertiary/aromatic N) is 1. The van der Waals surface area contributed by atoms with Gasteiger partial charge in [0.05, 0.1) is 15.6 Å². The summed E-state index contributed by atoms with van der Waals surface area (Å²) in [4.78, 5) is 15.8. The molecule has 1 aromatic carbocycles. The molecule has 9 heteroatoms. The number of hydrogen-bond acceptors (Lipinski definition) is 4. The van der Waals surface area contributed by atoms with Gasteiger partial charge in [0.25, 0.3) is 5.91 Å². The van der Waals surface area contributed by atoms with Gasteiger partial charge < -0.3 is 10.1 Å². The summed E-state index contributed by atoms with van der Waals surface area (Å²) in [6, 6.07) is 4.21. The fourth-order valence-electron chi connectivity index (χ4n) is 4.99. The third kappa shape index (κ3) is 3.28. The summed E-state index contributed by atoms with van der Waals surface area (Å²) in [5.74, 6) is -1.11. The molecule has 4 nitrogen and oxygen atoms in total. The third-order valence-corrected chi connectivity index (χ3v) is 7.61. The summed E-state index contributed by atoms with van der Waals surface area (Å²) in [6.45, 7) is 0.586. The molecule has 4 aliphatic rings. The fourth-order valence-corrected chi connectivity index (χ4v) is 6.04. The monoisotopic (exact) mass is 428 g/mol. The van der Waals surface area contributed by atoms with Crippen LogP contribution in [-0.2, 0) is 0 Å². The Labute approximate surface area is 168 Å². The van der Waals surface area contributed by atoms with E-state index in [0.29, 0.717) is 16.2 Å². The number of nitrogens with one attached hydrogen (secondary N) is 1. The standard InChI is InChI=1S/C20H20F4N2O2S/c21-13-2-1-12-9-14(29-16(12)15(13)28-10-20(22,23)24)18(27)25-17-11-3-7-26(8-4-11)19(17)5-6-19/h1-2,9,11,17H,3-8,10H2,(H,25,27)/t17-/m0/s1. The van der Waals surface area contributed by atoms with E-state index in [4.69, 9.17) is 4.74 Å². The van der Waals surface area contributed by atoms with E-state index in [1.807, 2.05) is 0 Å². The Morgan fingerprint density at radius 3 is 2.66 bits per heavy atom. The highest BCUT2D eigenvalue weighted by molar-refractivity contribution is 7.21. The molecule has 1 aromatic heterocycles. The van der Waals surface area contributed by atoms with Crippen molar-refractivity contribution in [2.75, 3.05) is 19.7 Å². The van der Waals surface area contributed by atoms with E-state index in [1.54, 1.807) is 6.07 Å². The highest BCUT2D eigenvalue weighted by atomic mass is 32.1. The molecular formula is C20H20F4N2O2S. The lowest BCUT2D eigenvalue weighted by molar-refractivity contribution is -0.153. The Hall–Kier alpha value is -1.87. The quantitative estimate of drug-likeness (QED) is 0.737. The molecule has 1 aliphatic carbocycles. The zero-order valence-corrected chi connectivity index (χ0v) is 16.3. The molecule has 3 aliphatic heterocycles. The van der Waals surface area contributed by atoms with Gasteiger partial charge in [-0.15, -0.1) is 11.3 Å². The van der Waals surface area contributed by atoms with E-state index >= 15 is 0 Å². The summed E-state index contributed by atoms with van der Waals surface area (Å²) in [7, 11) is 0. The van der Waals surface area contributed by atoms with Crippen molar-refractivity contribution in [2.45, 2.75) is 43.4 Å². The molecule has 6 rings (SSSR count). The van der Waals surface area contributed by atoms with Gasteiger partial charge in [0.1, 0.15) is 0 Å². The molecular weight excluding hydrogens is 408 g/mol. The highest BCUT2D eigenvalue weighted by Crippen LogP contribution is 2.53. The molecule has 1 atom stereocenters. The predicted molar refractivity (Wildman–Crippen MR) is 101 cm³/mol. The van der Waals surface area contributed by atoms with Crippen molar-refractivity contribution >= 4 is 27.3 Å². The number of carbonyl (C=O) groups excluding carboxylic acids is 1. The molecule has 2 bridgehead atoms. The molecule has 4 heterocycles. The van der Waals surface area contributed by atoms with Gasteiger partial charge in [0, 0.05) is 5.54 Å². The second kappa shape index (κ2) is 6.57. The zero-order valence-electron chi connectivity index (χ0n) is 15.5. The maximum atomic E-state index is 14.1. The van der Waals surface area contributed by atoms with E-state index in [2.05, 4.69) is 10.2 Å². The van der Waals surface area contributed by atoms with Crippen LogP contribution in [0.25, 0.3) is 10.1 Å². The van der Waals surface area contributed by atoms with E-state index in [0.717, 1.165) is 56.2 Å². The summed E-state index contributed by atoms with van der Waals surface area (Å²) in [5, 5.41) is 3.68. The summed E-state index contributed by atoms with van der Waals surface area (Å²) >= 11 is 0.968. The van der Waals surface area contributed by atoms with Gasteiger partial charge in [-0.2, -0.15) is 13.2 Å². The van der Waals surface area contributed by atoms with Crippen molar-refractivity contribution in [3.8, 4) is 5.75 Å². The van der Waals surface area contributed by atoms with Gasteiger partial charge in [0.2, 0.25) is 0 Å². The third-order valence-electron chi connectivity index (χ3n) is 6.47. The van der Waals surface area contributed by atoms with Crippen LogP contribution < -0.4 is 10.1 Å². The number of ether oxygens (including phenoxy) is 1. The van der Waals surface area contributed by atoms with Crippen molar-refractivity contribution in [1.29, 1.82) is 0 Å². The lowest BCUT2D eigenvalue weighted by Gasteiger charge is -2.52. The molecule has 0 unspecified atom stereocenters. The number of carbonyl (C=O) groups is 1. The largest absolute Gasteiger partial charge is 0.480 e. The molecule has 0 radical (unpaired) electrons. The van der Waals surface area contributed by atoms with Crippen LogP contribution in [0.5, 0.6) is 5.75 Å². The van der Waals surface area contributed by atoms with Crippen LogP contribution >= 0.6 is 11.3 Å². The lowest BCUT2D eigenvalue weighted by Crippen LogP contribution is -2.65. The molecule has 3 saturated heterocycles. The number of fused-ring (bicyclic) bond motifs is 3. The lowest BCUT2D eigenvalue weighted by atomic mass is 9.77. The molecule has 4 fully saturated rings. The Kier molecular flexibility index (Phi) is 4.33. The second-order valence-corrected chi connectivity index (χ2v) is 9.24. The van der Waals surface area contributed by atoms with Crippen LogP contribution in [0.2, 0.25) is 0 Å². The summed E-state index contributed by atoms with van der Waals surface area (Å²) in [6.07, 6.45) is -0.261. The SMILES string of the molecule is O=C(N[C@H]1C2CCN(CC2)C12CC2)c1cc2ccc(F)c(OCC(F)(F)F)c2s1. The highest BCUT2D eigenvalue weighted by Gasteiger charge is 2.60. The number of piperidine rings is 3. The zero-order chi connectivity index (χ0) is 20.4. The number of benzene rings is 1. The average molecular weight is 428 g/mol. The molecule has 2 aromatic rings. The van der Waals surface area contributed by atoms with Gasteiger partial charge in [-0.3, -0.25) is 9.69 Å². The van der Waals surface area contributed by atoms with Crippen molar-refractivity contribution in [3.63, 3.8) is 0 Å². The molecule has 156 valence electrons. The number of thiophene rings is 1. The number of hydrogen-bond donors (Lipinski definition) is 1. The Balaban J connectivity index is 1.40. The maximum Gasteiger partial charge on any atom is 0.422 e. The van der Waals surface area contributed by atoms with E-state index in [1.165, 1.54) is 6.07 Å². The maximum absolute atomic E-state index is 14.1. The van der Waals surface area contributed by atoms with Gasteiger partial charge in [-0.05, 0) is 62.2 Å². The van der Waals surface area contributed by atoms with Crippen LogP contribution in [0.1, 0.15) is 35.4 Å². The van der Waals surface area contributed by atoms with Gasteiger partial charge in [-0.25, -0.2) is 4.39 Å². The molecule has 1 amide bonds. The van der Waals surface area contributed by atoms with Crippen LogP contribution in [0.4, 0.5) is 17.6 Å². The first-order valence-electron chi connectivity index (χ1n) is 9.74. The van der Waals surface area contributed by atoms with Crippen LogP contribution in [-0.4, -0.2) is 48.3 Å². The number of alkyl halides is 3. The van der Waals surface area contributed by atoms with Gasteiger partial charge in [0.15, 0.2) is 18.2 Å². The van der Waals surface area contributed by atoms with Gasteiger partial charge in [-0.1, -0.05) is 6.07 Å². The average Bonchev–Trinajstić information content (AvgIpc) is 3.33. The number of halogens is 4. The first-order chi connectivity index (χ1) is 13.8. The van der Waals surface area contributed by atoms with E-state index in [-0.39, 0.29) is 22.2 Å². The van der Waals surface area contributed by atoms with Crippen molar-refractivity contribution in [1.82, 2.24) is 10.2 Å². The van der Waals surface area contributed by atoms with Crippen molar-refractivity contribution in [3.05, 3.63) is 28.9 Å². The van der Waals surface area contributed by atoms with Crippen molar-refractivity contribution < 1.29 is 27.1 Å². The predicted octanol–water partition coefficient (Wildman–Crippen LogP) is 4.34. The van der Waals surface area contributed by atoms with Crippen LogP contribution in [0.3, 0.4) is 0 Å². The second-order valence-electron chi connectivity index (χ2n) is 8.19. The smallest absolute Gasteiger partial charge is 0.422 e. The molecule has 1 saturated carbocycles. The first kappa shape index (κ1) is 19.1. The molecule has 1 spiro atoms. The van der Waals surface area contributed by atoms with Gasteiger partial charge >= 0.3 is 6.18 Å².